The summed E-state index contributed by atoms with van der Waals surface area (Å²) in [4.78, 5) is 11.6. The summed E-state index contributed by atoms with van der Waals surface area (Å²) in [5.74, 6) is -0.378. The third kappa shape index (κ3) is 4.41. The first-order valence-corrected chi connectivity index (χ1v) is 6.44. The van der Waals surface area contributed by atoms with Crippen LogP contribution in [0.3, 0.4) is 0 Å². The smallest absolute Gasteiger partial charge is 0.266 e. The largest absolute Gasteiger partial charge is 0.326 e. The second kappa shape index (κ2) is 5.09. The summed E-state index contributed by atoms with van der Waals surface area (Å²) in [5.41, 5.74) is 0.450. The van der Waals surface area contributed by atoms with Crippen LogP contribution in [-0.4, -0.2) is 26.8 Å². The van der Waals surface area contributed by atoms with Crippen molar-refractivity contribution in [3.05, 3.63) is 35.9 Å². The monoisotopic (exact) mass is 243 g/mol. The van der Waals surface area contributed by atoms with E-state index in [0.29, 0.717) is 5.56 Å². The van der Waals surface area contributed by atoms with Gasteiger partial charge < -0.3 is 5.32 Å². The first-order chi connectivity index (χ1) is 7.38. The molecule has 1 aromatic rings. The predicted molar refractivity (Wildman–Crippen MR) is 59.3 cm³/mol. The van der Waals surface area contributed by atoms with E-state index < -0.39 is 16.3 Å². The highest BCUT2D eigenvalue weighted by atomic mass is 32.2. The summed E-state index contributed by atoms with van der Waals surface area (Å²) >= 11 is 0. The number of amides is 1. The molecular formula is C10H13NO4S. The second-order valence-corrected chi connectivity index (χ2v) is 4.88. The van der Waals surface area contributed by atoms with E-state index in [1.165, 1.54) is 6.92 Å². The zero-order valence-electron chi connectivity index (χ0n) is 9.01. The zero-order valence-corrected chi connectivity index (χ0v) is 9.82. The molecule has 1 rings (SSSR count). The minimum absolute atomic E-state index is 0.378. The molecule has 1 unspecified atom stereocenters. The number of carbonyl (C=O) groups excluding carboxylic acids is 1. The summed E-state index contributed by atoms with van der Waals surface area (Å²) in [7, 11) is -3.57. The van der Waals surface area contributed by atoms with Crippen LogP contribution in [0.4, 0.5) is 0 Å². The molecule has 0 saturated heterocycles. The molecule has 1 amide bonds. The summed E-state index contributed by atoms with van der Waals surface area (Å²) in [6, 6.07) is 8.48. The van der Waals surface area contributed by atoms with Crippen LogP contribution in [0, 0.1) is 0 Å². The second-order valence-electron chi connectivity index (χ2n) is 3.28. The molecule has 0 aromatic heterocycles. The van der Waals surface area contributed by atoms with Crippen molar-refractivity contribution < 1.29 is 17.4 Å². The van der Waals surface area contributed by atoms with E-state index in [2.05, 4.69) is 9.50 Å². The fourth-order valence-corrected chi connectivity index (χ4v) is 1.72. The average Bonchev–Trinajstić information content (AvgIpc) is 2.16. The summed E-state index contributed by atoms with van der Waals surface area (Å²) < 4.78 is 26.1. The van der Waals surface area contributed by atoms with Crippen LogP contribution < -0.4 is 5.32 Å². The van der Waals surface area contributed by atoms with E-state index in [1.807, 2.05) is 0 Å². The minimum atomic E-state index is -3.57. The predicted octanol–water partition coefficient (Wildman–Crippen LogP) is 0.739. The molecule has 1 N–H and O–H groups in total. The molecule has 0 aliphatic carbocycles. The molecule has 0 fully saturated rings. The van der Waals surface area contributed by atoms with Gasteiger partial charge in [-0.3, -0.25) is 4.79 Å². The number of benzene rings is 1. The van der Waals surface area contributed by atoms with Gasteiger partial charge in [0.15, 0.2) is 0 Å². The van der Waals surface area contributed by atoms with Crippen molar-refractivity contribution in [2.75, 3.05) is 6.26 Å². The van der Waals surface area contributed by atoms with Crippen LogP contribution in [-0.2, 0) is 14.3 Å². The van der Waals surface area contributed by atoms with Crippen LogP contribution in [0.15, 0.2) is 30.3 Å². The van der Waals surface area contributed by atoms with Crippen molar-refractivity contribution >= 4 is 16.0 Å². The number of hydrogen-bond donors (Lipinski definition) is 1. The zero-order chi connectivity index (χ0) is 12.2. The van der Waals surface area contributed by atoms with Gasteiger partial charge in [-0.15, -0.1) is 0 Å². The SMILES string of the molecule is CC(NC(=O)c1ccccc1)OS(C)(=O)=O. The van der Waals surface area contributed by atoms with E-state index >= 15 is 0 Å². The third-order valence-electron chi connectivity index (χ3n) is 1.69. The summed E-state index contributed by atoms with van der Waals surface area (Å²) in [6.45, 7) is 1.45. The van der Waals surface area contributed by atoms with Crippen molar-refractivity contribution in [3.8, 4) is 0 Å². The number of carbonyl (C=O) groups is 1. The molecule has 0 saturated carbocycles. The maximum atomic E-state index is 11.6. The van der Waals surface area contributed by atoms with Crippen molar-refractivity contribution in [2.45, 2.75) is 13.2 Å². The van der Waals surface area contributed by atoms with Crippen molar-refractivity contribution in [1.29, 1.82) is 0 Å². The normalized spacial score (nSPS) is 13.1. The Morgan fingerprint density at radius 1 is 1.31 bits per heavy atom. The Balaban J connectivity index is 2.59. The average molecular weight is 243 g/mol. The minimum Gasteiger partial charge on any atom is -0.326 e. The first-order valence-electron chi connectivity index (χ1n) is 4.62. The van der Waals surface area contributed by atoms with Gasteiger partial charge in [-0.2, -0.15) is 8.42 Å². The molecule has 1 aromatic carbocycles. The topological polar surface area (TPSA) is 72.5 Å². The van der Waals surface area contributed by atoms with Gasteiger partial charge in [0.2, 0.25) is 0 Å². The quantitative estimate of drug-likeness (QED) is 0.625. The highest BCUT2D eigenvalue weighted by Gasteiger charge is 2.13. The molecule has 5 nitrogen and oxygen atoms in total. The molecule has 16 heavy (non-hydrogen) atoms. The van der Waals surface area contributed by atoms with Crippen LogP contribution in [0.5, 0.6) is 0 Å². The van der Waals surface area contributed by atoms with Gasteiger partial charge in [0.05, 0.1) is 6.26 Å². The molecule has 0 radical (unpaired) electrons. The molecule has 88 valence electrons. The molecule has 0 aliphatic heterocycles. The number of hydrogen-bond acceptors (Lipinski definition) is 4. The standard InChI is InChI=1S/C10H13NO4S/c1-8(15-16(2,13)14)11-10(12)9-6-4-3-5-7-9/h3-8H,1-2H3,(H,11,12). The van der Waals surface area contributed by atoms with Crippen LogP contribution in [0.25, 0.3) is 0 Å². The van der Waals surface area contributed by atoms with Crippen LogP contribution in [0.1, 0.15) is 17.3 Å². The molecule has 6 heteroatoms. The van der Waals surface area contributed by atoms with Crippen molar-refractivity contribution in [3.63, 3.8) is 0 Å². The number of nitrogens with one attached hydrogen (secondary N) is 1. The molecule has 0 aliphatic rings. The van der Waals surface area contributed by atoms with Gasteiger partial charge in [0.1, 0.15) is 6.23 Å². The lowest BCUT2D eigenvalue weighted by molar-refractivity contribution is 0.0862. The fourth-order valence-electron chi connectivity index (χ4n) is 1.14. The van der Waals surface area contributed by atoms with Gasteiger partial charge in [0, 0.05) is 5.56 Å². The Morgan fingerprint density at radius 2 is 1.88 bits per heavy atom. The van der Waals surface area contributed by atoms with Gasteiger partial charge in [-0.05, 0) is 19.1 Å². The van der Waals surface area contributed by atoms with Gasteiger partial charge in [-0.1, -0.05) is 18.2 Å². The Labute approximate surface area is 94.6 Å². The summed E-state index contributed by atoms with van der Waals surface area (Å²) in [5, 5.41) is 2.41. The third-order valence-corrected chi connectivity index (χ3v) is 2.33. The molecule has 0 spiro atoms. The van der Waals surface area contributed by atoms with Crippen LogP contribution in [0.2, 0.25) is 0 Å². The molecular weight excluding hydrogens is 230 g/mol. The highest BCUT2D eigenvalue weighted by Crippen LogP contribution is 2.00. The van der Waals surface area contributed by atoms with E-state index in [-0.39, 0.29) is 5.91 Å². The van der Waals surface area contributed by atoms with E-state index in [0.717, 1.165) is 6.26 Å². The first kappa shape index (κ1) is 12.7. The van der Waals surface area contributed by atoms with E-state index in [4.69, 9.17) is 0 Å². The molecule has 1 atom stereocenters. The van der Waals surface area contributed by atoms with Gasteiger partial charge in [-0.25, -0.2) is 4.18 Å². The lowest BCUT2D eigenvalue weighted by atomic mass is 10.2. The maximum absolute atomic E-state index is 11.6. The Morgan fingerprint density at radius 3 is 2.38 bits per heavy atom. The highest BCUT2D eigenvalue weighted by molar-refractivity contribution is 7.86. The maximum Gasteiger partial charge on any atom is 0.266 e. The van der Waals surface area contributed by atoms with Gasteiger partial charge in [0.25, 0.3) is 16.0 Å². The van der Waals surface area contributed by atoms with E-state index in [9.17, 15) is 13.2 Å². The van der Waals surface area contributed by atoms with E-state index in [1.54, 1.807) is 30.3 Å². The van der Waals surface area contributed by atoms with Crippen molar-refractivity contribution in [1.82, 2.24) is 5.32 Å². The molecule has 0 bridgehead atoms. The van der Waals surface area contributed by atoms with Gasteiger partial charge >= 0.3 is 0 Å². The van der Waals surface area contributed by atoms with Crippen molar-refractivity contribution in [2.24, 2.45) is 0 Å². The Kier molecular flexibility index (Phi) is 4.03. The van der Waals surface area contributed by atoms with Crippen LogP contribution >= 0.6 is 0 Å². The number of rotatable bonds is 4. The Hall–Kier alpha value is -1.40. The summed E-state index contributed by atoms with van der Waals surface area (Å²) in [6.07, 6.45) is 0.0424. The lowest BCUT2D eigenvalue weighted by Crippen LogP contribution is -2.35. The lowest BCUT2D eigenvalue weighted by Gasteiger charge is -2.12. The molecule has 0 heterocycles. The fraction of sp³-hybridized carbons (Fsp3) is 0.300. The Bertz CT molecular complexity index is 455.